The number of esters is 2. The topological polar surface area (TPSA) is 120 Å². The molecule has 0 saturated heterocycles. The Labute approximate surface area is 205 Å². The standard InChI is InChI=1S/C26H32N2O7/c1-5-33-22(29)16-27-23(30)20-13-11-18(12-14-20)15-21(25(32)35-26(2,3)4)24(31)28-34-17-19-9-7-6-8-10-19/h6-14,21H,5,15-17H2,1-4H3,(H,27,30)(H,28,31)/t21-/m0/s1. The zero-order valence-corrected chi connectivity index (χ0v) is 20.5. The number of hydrogen-bond acceptors (Lipinski definition) is 7. The second-order valence-electron chi connectivity index (χ2n) is 8.72. The molecular weight excluding hydrogens is 452 g/mol. The molecule has 2 amide bonds. The Morgan fingerprint density at radius 3 is 2.17 bits per heavy atom. The zero-order chi connectivity index (χ0) is 25.8. The van der Waals surface area contributed by atoms with Crippen LogP contribution in [0.15, 0.2) is 54.6 Å². The molecule has 0 radical (unpaired) electrons. The summed E-state index contributed by atoms with van der Waals surface area (Å²) in [4.78, 5) is 54.5. The number of rotatable bonds is 11. The van der Waals surface area contributed by atoms with Crippen LogP contribution < -0.4 is 10.8 Å². The first-order chi connectivity index (χ1) is 16.6. The first kappa shape index (κ1) is 27.5. The van der Waals surface area contributed by atoms with E-state index in [-0.39, 0.29) is 26.2 Å². The van der Waals surface area contributed by atoms with Gasteiger partial charge in [0.05, 0.1) is 13.2 Å². The van der Waals surface area contributed by atoms with Crippen molar-refractivity contribution in [3.63, 3.8) is 0 Å². The summed E-state index contributed by atoms with van der Waals surface area (Å²) in [6.45, 7) is 6.97. The van der Waals surface area contributed by atoms with Crippen molar-refractivity contribution >= 4 is 23.8 Å². The summed E-state index contributed by atoms with van der Waals surface area (Å²) >= 11 is 0. The van der Waals surface area contributed by atoms with Crippen molar-refractivity contribution < 1.29 is 33.5 Å². The molecule has 0 aliphatic rings. The first-order valence-corrected chi connectivity index (χ1v) is 11.3. The zero-order valence-electron chi connectivity index (χ0n) is 20.5. The van der Waals surface area contributed by atoms with Gasteiger partial charge in [0, 0.05) is 5.56 Å². The monoisotopic (exact) mass is 484 g/mol. The number of carbonyl (C=O) groups is 4. The van der Waals surface area contributed by atoms with Gasteiger partial charge in [0.25, 0.3) is 11.8 Å². The van der Waals surface area contributed by atoms with Gasteiger partial charge in [-0.25, -0.2) is 5.48 Å². The van der Waals surface area contributed by atoms with Gasteiger partial charge in [-0.15, -0.1) is 0 Å². The molecule has 9 nitrogen and oxygen atoms in total. The maximum absolute atomic E-state index is 12.8. The van der Waals surface area contributed by atoms with Gasteiger partial charge in [0.15, 0.2) is 0 Å². The quantitative estimate of drug-likeness (QED) is 0.286. The lowest BCUT2D eigenvalue weighted by Crippen LogP contribution is -2.40. The summed E-state index contributed by atoms with van der Waals surface area (Å²) in [6, 6.07) is 15.6. The van der Waals surface area contributed by atoms with Crippen molar-refractivity contribution in [3.05, 3.63) is 71.3 Å². The van der Waals surface area contributed by atoms with Gasteiger partial charge in [0.1, 0.15) is 18.1 Å². The molecule has 9 heteroatoms. The highest BCUT2D eigenvalue weighted by Gasteiger charge is 2.32. The molecule has 0 saturated carbocycles. The average molecular weight is 485 g/mol. The summed E-state index contributed by atoms with van der Waals surface area (Å²) in [6.07, 6.45) is 0.0418. The number of nitrogens with one attached hydrogen (secondary N) is 2. The number of amides is 2. The van der Waals surface area contributed by atoms with Gasteiger partial charge in [-0.3, -0.25) is 24.0 Å². The van der Waals surface area contributed by atoms with E-state index in [1.807, 2.05) is 30.3 Å². The van der Waals surface area contributed by atoms with E-state index >= 15 is 0 Å². The van der Waals surface area contributed by atoms with Crippen molar-refractivity contribution in [2.75, 3.05) is 13.2 Å². The van der Waals surface area contributed by atoms with Crippen LogP contribution in [0.3, 0.4) is 0 Å². The Kier molecular flexibility index (Phi) is 10.4. The highest BCUT2D eigenvalue weighted by atomic mass is 16.7. The Morgan fingerprint density at radius 1 is 0.914 bits per heavy atom. The smallest absolute Gasteiger partial charge is 0.325 e. The van der Waals surface area contributed by atoms with E-state index < -0.39 is 35.3 Å². The summed E-state index contributed by atoms with van der Waals surface area (Å²) in [5.41, 5.74) is 3.38. The van der Waals surface area contributed by atoms with Gasteiger partial charge < -0.3 is 14.8 Å². The molecule has 2 rings (SSSR count). The molecule has 2 aromatic carbocycles. The minimum absolute atomic E-state index is 0.0418. The van der Waals surface area contributed by atoms with Crippen LogP contribution in [0.4, 0.5) is 0 Å². The normalized spacial score (nSPS) is 11.8. The van der Waals surface area contributed by atoms with Gasteiger partial charge >= 0.3 is 11.9 Å². The molecule has 0 aliphatic carbocycles. The lowest BCUT2D eigenvalue weighted by Gasteiger charge is -2.23. The van der Waals surface area contributed by atoms with Crippen LogP contribution in [0.1, 0.15) is 49.2 Å². The van der Waals surface area contributed by atoms with Gasteiger partial charge in [-0.2, -0.15) is 0 Å². The SMILES string of the molecule is CCOC(=O)CNC(=O)c1ccc(C[C@@H](C(=O)NOCc2ccccc2)C(=O)OC(C)(C)C)cc1. The third-order valence-corrected chi connectivity index (χ3v) is 4.62. The molecule has 2 aromatic rings. The van der Waals surface area contributed by atoms with Crippen molar-refractivity contribution in [1.29, 1.82) is 0 Å². The minimum atomic E-state index is -1.16. The molecule has 188 valence electrons. The van der Waals surface area contributed by atoms with Crippen molar-refractivity contribution in [1.82, 2.24) is 10.8 Å². The number of ether oxygens (including phenoxy) is 2. The van der Waals surface area contributed by atoms with Crippen LogP contribution in [-0.2, 0) is 41.7 Å². The predicted molar refractivity (Wildman–Crippen MR) is 128 cm³/mol. The lowest BCUT2D eigenvalue weighted by atomic mass is 9.97. The molecule has 1 atom stereocenters. The Morgan fingerprint density at radius 2 is 1.57 bits per heavy atom. The molecule has 0 spiro atoms. The fraction of sp³-hybridized carbons (Fsp3) is 0.385. The Balaban J connectivity index is 2.03. The number of benzene rings is 2. The van der Waals surface area contributed by atoms with E-state index in [0.29, 0.717) is 11.1 Å². The van der Waals surface area contributed by atoms with E-state index in [4.69, 9.17) is 14.3 Å². The maximum Gasteiger partial charge on any atom is 0.325 e. The first-order valence-electron chi connectivity index (χ1n) is 11.3. The molecule has 0 aliphatic heterocycles. The number of carbonyl (C=O) groups excluding carboxylic acids is 4. The van der Waals surface area contributed by atoms with Crippen LogP contribution in [0.2, 0.25) is 0 Å². The van der Waals surface area contributed by atoms with Crippen molar-refractivity contribution in [3.8, 4) is 0 Å². The van der Waals surface area contributed by atoms with Crippen LogP contribution >= 0.6 is 0 Å². The van der Waals surface area contributed by atoms with E-state index in [9.17, 15) is 19.2 Å². The molecule has 0 fully saturated rings. The fourth-order valence-corrected chi connectivity index (χ4v) is 2.99. The molecule has 0 aromatic heterocycles. The number of hydrogen-bond donors (Lipinski definition) is 2. The predicted octanol–water partition coefficient (Wildman–Crippen LogP) is 2.73. The van der Waals surface area contributed by atoms with Crippen LogP contribution in [-0.4, -0.2) is 42.5 Å². The summed E-state index contributed by atoms with van der Waals surface area (Å²) < 4.78 is 10.2. The molecule has 0 unspecified atom stereocenters. The average Bonchev–Trinajstić information content (AvgIpc) is 2.81. The lowest BCUT2D eigenvalue weighted by molar-refractivity contribution is -0.165. The van der Waals surface area contributed by atoms with E-state index in [2.05, 4.69) is 10.8 Å². The third kappa shape index (κ3) is 9.97. The minimum Gasteiger partial charge on any atom is -0.465 e. The molecule has 2 N–H and O–H groups in total. The highest BCUT2D eigenvalue weighted by molar-refractivity contribution is 5.98. The maximum atomic E-state index is 12.8. The van der Waals surface area contributed by atoms with Gasteiger partial charge in [-0.05, 0) is 57.4 Å². The summed E-state index contributed by atoms with van der Waals surface area (Å²) in [5.74, 6) is -3.45. The summed E-state index contributed by atoms with van der Waals surface area (Å²) in [7, 11) is 0. The van der Waals surface area contributed by atoms with E-state index in [0.717, 1.165) is 5.56 Å². The van der Waals surface area contributed by atoms with Crippen LogP contribution in [0, 0.1) is 5.92 Å². The Bertz CT molecular complexity index is 999. The van der Waals surface area contributed by atoms with Gasteiger partial charge in [-0.1, -0.05) is 42.5 Å². The molecule has 35 heavy (non-hydrogen) atoms. The third-order valence-electron chi connectivity index (χ3n) is 4.62. The van der Waals surface area contributed by atoms with Crippen LogP contribution in [0.5, 0.6) is 0 Å². The molecular formula is C26H32N2O7. The second-order valence-corrected chi connectivity index (χ2v) is 8.72. The largest absolute Gasteiger partial charge is 0.465 e. The van der Waals surface area contributed by atoms with Gasteiger partial charge in [0.2, 0.25) is 0 Å². The fourth-order valence-electron chi connectivity index (χ4n) is 2.99. The molecule has 0 heterocycles. The van der Waals surface area contributed by atoms with Crippen LogP contribution in [0.25, 0.3) is 0 Å². The number of hydroxylamine groups is 1. The van der Waals surface area contributed by atoms with E-state index in [1.165, 1.54) is 0 Å². The summed E-state index contributed by atoms with van der Waals surface area (Å²) in [5, 5.41) is 2.47. The Hall–Kier alpha value is -3.72. The van der Waals surface area contributed by atoms with E-state index in [1.54, 1.807) is 52.0 Å². The van der Waals surface area contributed by atoms with Crippen molar-refractivity contribution in [2.24, 2.45) is 5.92 Å². The second kappa shape index (κ2) is 13.2. The highest BCUT2D eigenvalue weighted by Crippen LogP contribution is 2.17. The van der Waals surface area contributed by atoms with Crippen molar-refractivity contribution in [2.45, 2.75) is 46.3 Å². The molecule has 0 bridgehead atoms.